The lowest BCUT2D eigenvalue weighted by Gasteiger charge is -2.26. The topological polar surface area (TPSA) is 93.5 Å². The van der Waals surface area contributed by atoms with E-state index in [1.54, 1.807) is 30.0 Å². The van der Waals surface area contributed by atoms with E-state index < -0.39 is 0 Å². The molecule has 162 valence electrons. The number of aryl methyl sites for hydroxylation is 2. The molecule has 3 heterocycles. The number of rotatable bonds is 4. The van der Waals surface area contributed by atoms with Gasteiger partial charge in [-0.05, 0) is 37.1 Å². The van der Waals surface area contributed by atoms with E-state index in [0.29, 0.717) is 57.7 Å². The van der Waals surface area contributed by atoms with Crippen LogP contribution >= 0.6 is 22.9 Å². The summed E-state index contributed by atoms with van der Waals surface area (Å²) in [5.41, 5.74) is 1.69. The van der Waals surface area contributed by atoms with Gasteiger partial charge < -0.3 is 15.0 Å². The van der Waals surface area contributed by atoms with Gasteiger partial charge in [-0.25, -0.2) is 4.98 Å². The molecule has 1 aromatic carbocycles. The highest BCUT2D eigenvalue weighted by molar-refractivity contribution is 7.20. The van der Waals surface area contributed by atoms with Crippen LogP contribution in [0.25, 0.3) is 10.2 Å². The van der Waals surface area contributed by atoms with Crippen LogP contribution in [0.1, 0.15) is 20.8 Å². The summed E-state index contributed by atoms with van der Waals surface area (Å²) >= 11 is 7.30. The first-order valence-electron chi connectivity index (χ1n) is 9.76. The van der Waals surface area contributed by atoms with Crippen LogP contribution < -0.4 is 10.9 Å². The highest BCUT2D eigenvalue weighted by Crippen LogP contribution is 2.28. The van der Waals surface area contributed by atoms with Gasteiger partial charge >= 0.3 is 0 Å². The third-order valence-electron chi connectivity index (χ3n) is 5.18. The molecule has 31 heavy (non-hydrogen) atoms. The molecule has 0 aliphatic carbocycles. The van der Waals surface area contributed by atoms with E-state index in [9.17, 15) is 14.4 Å². The fourth-order valence-corrected chi connectivity index (χ4v) is 4.70. The number of benzene rings is 1. The smallest absolute Gasteiger partial charge is 0.264 e. The summed E-state index contributed by atoms with van der Waals surface area (Å²) in [7, 11) is 0. The number of nitrogens with one attached hydrogen (secondary N) is 1. The molecule has 1 fully saturated rings. The van der Waals surface area contributed by atoms with Gasteiger partial charge in [0.05, 0.1) is 29.8 Å². The van der Waals surface area contributed by atoms with Crippen LogP contribution in [-0.2, 0) is 16.1 Å². The van der Waals surface area contributed by atoms with Crippen molar-refractivity contribution < 1.29 is 14.3 Å². The molecule has 0 radical (unpaired) electrons. The molecule has 1 saturated heterocycles. The fourth-order valence-electron chi connectivity index (χ4n) is 3.41. The SMILES string of the molecule is Cc1ccc(NC(=O)Cn2cnc3sc(C(=O)N4CCOCC4)c(C)c3c2=O)cc1Cl. The van der Waals surface area contributed by atoms with Crippen LogP contribution in [0.5, 0.6) is 0 Å². The Balaban J connectivity index is 1.58. The minimum absolute atomic E-state index is 0.122. The first-order valence-corrected chi connectivity index (χ1v) is 11.0. The Kier molecular flexibility index (Phi) is 6.08. The van der Waals surface area contributed by atoms with Crippen molar-refractivity contribution in [1.29, 1.82) is 0 Å². The van der Waals surface area contributed by atoms with Crippen molar-refractivity contribution in [2.24, 2.45) is 0 Å². The predicted octanol–water partition coefficient (Wildman–Crippen LogP) is 2.84. The van der Waals surface area contributed by atoms with Crippen LogP contribution in [0.15, 0.2) is 29.3 Å². The lowest BCUT2D eigenvalue weighted by molar-refractivity contribution is -0.116. The summed E-state index contributed by atoms with van der Waals surface area (Å²) in [5, 5.41) is 3.65. The first-order chi connectivity index (χ1) is 14.8. The highest BCUT2D eigenvalue weighted by Gasteiger charge is 2.25. The van der Waals surface area contributed by atoms with Crippen molar-refractivity contribution in [3.05, 3.63) is 55.9 Å². The maximum absolute atomic E-state index is 13.0. The Bertz CT molecular complexity index is 1230. The highest BCUT2D eigenvalue weighted by atomic mass is 35.5. The second-order valence-corrected chi connectivity index (χ2v) is 8.74. The second kappa shape index (κ2) is 8.78. The summed E-state index contributed by atoms with van der Waals surface area (Å²) < 4.78 is 6.55. The summed E-state index contributed by atoms with van der Waals surface area (Å²) in [6, 6.07) is 5.21. The number of carbonyl (C=O) groups is 2. The second-order valence-electron chi connectivity index (χ2n) is 7.33. The van der Waals surface area contributed by atoms with Gasteiger partial charge in [0, 0.05) is 23.8 Å². The third-order valence-corrected chi connectivity index (χ3v) is 6.77. The summed E-state index contributed by atoms with van der Waals surface area (Å²) in [6.45, 7) is 5.46. The van der Waals surface area contributed by atoms with Gasteiger partial charge in [0.15, 0.2) is 0 Å². The molecule has 1 aliphatic rings. The van der Waals surface area contributed by atoms with Gasteiger partial charge in [0.2, 0.25) is 5.91 Å². The molecule has 2 aromatic heterocycles. The average molecular weight is 461 g/mol. The molecule has 0 spiro atoms. The van der Waals surface area contributed by atoms with Crippen LogP contribution in [0.3, 0.4) is 0 Å². The van der Waals surface area contributed by atoms with Gasteiger partial charge in [0.1, 0.15) is 11.4 Å². The van der Waals surface area contributed by atoms with E-state index in [-0.39, 0.29) is 23.9 Å². The molecular weight excluding hydrogens is 440 g/mol. The molecule has 1 aliphatic heterocycles. The number of carbonyl (C=O) groups excluding carboxylic acids is 2. The normalized spacial score (nSPS) is 14.1. The number of aromatic nitrogens is 2. The number of thiophene rings is 1. The number of amides is 2. The Morgan fingerprint density at radius 2 is 2.00 bits per heavy atom. The van der Waals surface area contributed by atoms with Gasteiger partial charge in [-0.1, -0.05) is 17.7 Å². The Labute approximate surface area is 187 Å². The monoisotopic (exact) mass is 460 g/mol. The first kappa shape index (κ1) is 21.5. The van der Waals surface area contributed by atoms with E-state index >= 15 is 0 Å². The molecule has 2 amide bonds. The molecule has 3 aromatic rings. The van der Waals surface area contributed by atoms with Crippen molar-refractivity contribution in [3.63, 3.8) is 0 Å². The van der Waals surface area contributed by atoms with Gasteiger partial charge in [-0.15, -0.1) is 11.3 Å². The summed E-state index contributed by atoms with van der Waals surface area (Å²) in [5.74, 6) is -0.496. The Morgan fingerprint density at radius 1 is 1.26 bits per heavy atom. The van der Waals surface area contributed by atoms with Gasteiger partial charge in [-0.2, -0.15) is 0 Å². The van der Waals surface area contributed by atoms with Crippen molar-refractivity contribution in [2.45, 2.75) is 20.4 Å². The number of hydrogen-bond acceptors (Lipinski definition) is 6. The average Bonchev–Trinajstić information content (AvgIpc) is 3.10. The molecule has 0 atom stereocenters. The third kappa shape index (κ3) is 4.34. The largest absolute Gasteiger partial charge is 0.378 e. The van der Waals surface area contributed by atoms with E-state index in [2.05, 4.69) is 10.3 Å². The maximum atomic E-state index is 13.0. The zero-order chi connectivity index (χ0) is 22.1. The number of halogens is 1. The number of nitrogens with zero attached hydrogens (tertiary/aromatic N) is 3. The van der Waals surface area contributed by atoms with E-state index in [1.165, 1.54) is 22.2 Å². The van der Waals surface area contributed by atoms with Crippen molar-refractivity contribution in [2.75, 3.05) is 31.6 Å². The molecule has 8 nitrogen and oxygen atoms in total. The Morgan fingerprint density at radius 3 is 2.71 bits per heavy atom. The number of fused-ring (bicyclic) bond motifs is 1. The molecule has 10 heteroatoms. The molecule has 0 unspecified atom stereocenters. The number of morpholine rings is 1. The standard InChI is InChI=1S/C21H21ClN4O4S/c1-12-3-4-14(9-15(12)22)24-16(27)10-26-11-23-19-17(20(26)28)13(2)18(31-19)21(29)25-5-7-30-8-6-25/h3-4,9,11H,5-8,10H2,1-2H3,(H,24,27). The molecule has 0 saturated carbocycles. The van der Waals surface area contributed by atoms with Crippen LogP contribution in [0.4, 0.5) is 5.69 Å². The number of hydrogen-bond donors (Lipinski definition) is 1. The minimum atomic E-state index is -0.374. The molecular formula is C21H21ClN4O4S. The molecule has 0 bridgehead atoms. The predicted molar refractivity (Wildman–Crippen MR) is 120 cm³/mol. The zero-order valence-corrected chi connectivity index (χ0v) is 18.7. The van der Waals surface area contributed by atoms with Crippen molar-refractivity contribution in [3.8, 4) is 0 Å². The van der Waals surface area contributed by atoms with E-state index in [1.807, 2.05) is 6.92 Å². The maximum Gasteiger partial charge on any atom is 0.264 e. The zero-order valence-electron chi connectivity index (χ0n) is 17.1. The minimum Gasteiger partial charge on any atom is -0.378 e. The van der Waals surface area contributed by atoms with Crippen LogP contribution in [0.2, 0.25) is 5.02 Å². The van der Waals surface area contributed by atoms with E-state index in [0.717, 1.165) is 5.56 Å². The number of ether oxygens (including phenoxy) is 1. The molecule has 4 rings (SSSR count). The molecule has 1 N–H and O–H groups in total. The summed E-state index contributed by atoms with van der Waals surface area (Å²) in [6.07, 6.45) is 1.34. The lowest BCUT2D eigenvalue weighted by atomic mass is 10.2. The summed E-state index contributed by atoms with van der Waals surface area (Å²) in [4.78, 5) is 45.4. The van der Waals surface area contributed by atoms with Gasteiger partial charge in [-0.3, -0.25) is 19.0 Å². The van der Waals surface area contributed by atoms with E-state index in [4.69, 9.17) is 16.3 Å². The Hall–Kier alpha value is -2.75. The van der Waals surface area contributed by atoms with Crippen molar-refractivity contribution in [1.82, 2.24) is 14.5 Å². The van der Waals surface area contributed by atoms with Crippen molar-refractivity contribution >= 4 is 50.7 Å². The van der Waals surface area contributed by atoms with Crippen LogP contribution in [0, 0.1) is 13.8 Å². The lowest BCUT2D eigenvalue weighted by Crippen LogP contribution is -2.40. The van der Waals surface area contributed by atoms with Crippen LogP contribution in [-0.4, -0.2) is 52.6 Å². The number of anilines is 1. The quantitative estimate of drug-likeness (QED) is 0.646. The fraction of sp³-hybridized carbons (Fsp3) is 0.333. The van der Waals surface area contributed by atoms with Gasteiger partial charge in [0.25, 0.3) is 11.5 Å².